The first-order valence-corrected chi connectivity index (χ1v) is 7.44. The molecule has 96 valence electrons. The first kappa shape index (κ1) is 14.2. The van der Waals surface area contributed by atoms with Crippen molar-refractivity contribution in [3.8, 4) is 0 Å². The van der Waals surface area contributed by atoms with E-state index in [1.54, 1.807) is 0 Å². The lowest BCUT2D eigenvalue weighted by Crippen LogP contribution is -2.32. The van der Waals surface area contributed by atoms with Gasteiger partial charge in [-0.2, -0.15) is 11.8 Å². The average molecular weight is 252 g/mol. The Kier molecular flexibility index (Phi) is 5.19. The quantitative estimate of drug-likeness (QED) is 0.754. The van der Waals surface area contributed by atoms with Gasteiger partial charge in [-0.3, -0.25) is 0 Å². The Morgan fingerprint density at radius 3 is 2.35 bits per heavy atom. The zero-order valence-corrected chi connectivity index (χ0v) is 12.2. The molecule has 17 heavy (non-hydrogen) atoms. The third kappa shape index (κ3) is 3.84. The van der Waals surface area contributed by atoms with Gasteiger partial charge in [0.2, 0.25) is 0 Å². The van der Waals surface area contributed by atoms with E-state index in [2.05, 4.69) is 38.4 Å². The molecular formula is C14H24N2S. The molecule has 2 nitrogen and oxygen atoms in total. The van der Waals surface area contributed by atoms with Gasteiger partial charge >= 0.3 is 0 Å². The Bertz CT molecular complexity index is 331. The lowest BCUT2D eigenvalue weighted by molar-refractivity contribution is 0.575. The van der Waals surface area contributed by atoms with Crippen LogP contribution in [0.3, 0.4) is 0 Å². The summed E-state index contributed by atoms with van der Waals surface area (Å²) in [5.41, 5.74) is 9.01. The lowest BCUT2D eigenvalue weighted by Gasteiger charge is -2.30. The second-order valence-electron chi connectivity index (χ2n) is 4.58. The molecule has 1 rings (SSSR count). The van der Waals surface area contributed by atoms with Gasteiger partial charge in [0.25, 0.3) is 0 Å². The SMILES string of the molecule is CCC(CC)(CNc1cc(C)cc(N)c1)SC. The molecule has 0 aliphatic heterocycles. The highest BCUT2D eigenvalue weighted by atomic mass is 32.2. The fraction of sp³-hybridized carbons (Fsp3) is 0.571. The molecular weight excluding hydrogens is 228 g/mol. The van der Waals surface area contributed by atoms with Gasteiger partial charge in [0.1, 0.15) is 0 Å². The van der Waals surface area contributed by atoms with Crippen molar-refractivity contribution in [3.63, 3.8) is 0 Å². The predicted octanol–water partition coefficient (Wildman–Crippen LogP) is 3.91. The van der Waals surface area contributed by atoms with Crippen LogP contribution in [-0.4, -0.2) is 17.5 Å². The van der Waals surface area contributed by atoms with Gasteiger partial charge in [-0.1, -0.05) is 13.8 Å². The fourth-order valence-corrected chi connectivity index (χ4v) is 2.83. The molecule has 0 saturated carbocycles. The molecule has 0 amide bonds. The van der Waals surface area contributed by atoms with Crippen LogP contribution in [0.5, 0.6) is 0 Å². The van der Waals surface area contributed by atoms with E-state index in [0.29, 0.717) is 4.75 Å². The third-order valence-electron chi connectivity index (χ3n) is 3.44. The average Bonchev–Trinajstić information content (AvgIpc) is 2.30. The minimum Gasteiger partial charge on any atom is -0.399 e. The molecule has 0 atom stereocenters. The molecule has 0 unspecified atom stereocenters. The van der Waals surface area contributed by atoms with Crippen molar-refractivity contribution < 1.29 is 0 Å². The number of hydrogen-bond acceptors (Lipinski definition) is 3. The molecule has 0 heterocycles. The zero-order chi connectivity index (χ0) is 12.9. The summed E-state index contributed by atoms with van der Waals surface area (Å²) in [6, 6.07) is 6.14. The number of nitrogens with two attached hydrogens (primary N) is 1. The van der Waals surface area contributed by atoms with Crippen molar-refractivity contribution in [3.05, 3.63) is 23.8 Å². The van der Waals surface area contributed by atoms with Crippen LogP contribution in [0, 0.1) is 6.92 Å². The molecule has 1 aromatic rings. The molecule has 0 fully saturated rings. The Labute approximate surface area is 109 Å². The Hall–Kier alpha value is -0.830. The Morgan fingerprint density at radius 2 is 1.88 bits per heavy atom. The number of rotatable bonds is 6. The second kappa shape index (κ2) is 6.20. The van der Waals surface area contributed by atoms with Crippen molar-refractivity contribution in [1.29, 1.82) is 0 Å². The molecule has 0 aliphatic carbocycles. The summed E-state index contributed by atoms with van der Waals surface area (Å²) in [7, 11) is 0. The molecule has 0 radical (unpaired) electrons. The van der Waals surface area contributed by atoms with Crippen LogP contribution in [0.25, 0.3) is 0 Å². The van der Waals surface area contributed by atoms with Gasteiger partial charge in [0, 0.05) is 22.7 Å². The molecule has 0 aromatic heterocycles. The van der Waals surface area contributed by atoms with Gasteiger partial charge in [-0.05, 0) is 49.8 Å². The van der Waals surface area contributed by atoms with Crippen LogP contribution in [0.1, 0.15) is 32.3 Å². The van der Waals surface area contributed by atoms with Gasteiger partial charge in [-0.15, -0.1) is 0 Å². The fourth-order valence-electron chi connectivity index (χ4n) is 2.04. The smallest absolute Gasteiger partial charge is 0.0363 e. The first-order valence-electron chi connectivity index (χ1n) is 6.21. The summed E-state index contributed by atoms with van der Waals surface area (Å²) in [6.07, 6.45) is 4.55. The molecule has 0 spiro atoms. The topological polar surface area (TPSA) is 38.0 Å². The van der Waals surface area contributed by atoms with E-state index in [4.69, 9.17) is 5.73 Å². The van der Waals surface area contributed by atoms with E-state index >= 15 is 0 Å². The highest BCUT2D eigenvalue weighted by Gasteiger charge is 2.24. The number of hydrogen-bond donors (Lipinski definition) is 2. The highest BCUT2D eigenvalue weighted by Crippen LogP contribution is 2.31. The standard InChI is InChI=1S/C14H24N2S/c1-5-14(6-2,17-4)10-16-13-8-11(3)7-12(15)9-13/h7-9,16H,5-6,10,15H2,1-4H3. The third-order valence-corrected chi connectivity index (χ3v) is 5.02. The number of nitrogen functional groups attached to an aromatic ring is 1. The summed E-state index contributed by atoms with van der Waals surface area (Å²) in [4.78, 5) is 0. The number of thioether (sulfide) groups is 1. The van der Waals surface area contributed by atoms with Crippen LogP contribution in [0.15, 0.2) is 18.2 Å². The van der Waals surface area contributed by atoms with Crippen molar-refractivity contribution in [2.24, 2.45) is 0 Å². The largest absolute Gasteiger partial charge is 0.399 e. The lowest BCUT2D eigenvalue weighted by atomic mass is 10.0. The van der Waals surface area contributed by atoms with Gasteiger partial charge < -0.3 is 11.1 Å². The maximum Gasteiger partial charge on any atom is 0.0363 e. The van der Waals surface area contributed by atoms with E-state index in [1.807, 2.05) is 23.9 Å². The van der Waals surface area contributed by atoms with Gasteiger partial charge in [0.15, 0.2) is 0 Å². The molecule has 0 saturated heterocycles. The van der Waals surface area contributed by atoms with E-state index in [-0.39, 0.29) is 0 Å². The Morgan fingerprint density at radius 1 is 1.24 bits per heavy atom. The number of benzene rings is 1. The summed E-state index contributed by atoms with van der Waals surface area (Å²) < 4.78 is 0.332. The van der Waals surface area contributed by atoms with E-state index in [1.165, 1.54) is 18.4 Å². The van der Waals surface area contributed by atoms with Crippen LogP contribution in [-0.2, 0) is 0 Å². The zero-order valence-electron chi connectivity index (χ0n) is 11.3. The monoisotopic (exact) mass is 252 g/mol. The molecule has 3 N–H and O–H groups in total. The summed E-state index contributed by atoms with van der Waals surface area (Å²) >= 11 is 1.95. The van der Waals surface area contributed by atoms with E-state index in [9.17, 15) is 0 Å². The molecule has 1 aromatic carbocycles. The van der Waals surface area contributed by atoms with Crippen LogP contribution in [0.4, 0.5) is 11.4 Å². The minimum absolute atomic E-state index is 0.332. The van der Waals surface area contributed by atoms with Gasteiger partial charge in [0.05, 0.1) is 0 Å². The molecule has 3 heteroatoms. The molecule has 0 bridgehead atoms. The summed E-state index contributed by atoms with van der Waals surface area (Å²) in [5, 5.41) is 3.52. The van der Waals surface area contributed by atoms with E-state index in [0.717, 1.165) is 17.9 Å². The Balaban J connectivity index is 2.71. The highest BCUT2D eigenvalue weighted by molar-refractivity contribution is 8.00. The number of anilines is 2. The summed E-state index contributed by atoms with van der Waals surface area (Å²) in [5.74, 6) is 0. The van der Waals surface area contributed by atoms with Crippen LogP contribution >= 0.6 is 11.8 Å². The minimum atomic E-state index is 0.332. The van der Waals surface area contributed by atoms with Crippen molar-refractivity contribution in [2.45, 2.75) is 38.4 Å². The van der Waals surface area contributed by atoms with Crippen LogP contribution in [0.2, 0.25) is 0 Å². The normalized spacial score (nSPS) is 11.5. The number of aryl methyl sites for hydroxylation is 1. The van der Waals surface area contributed by atoms with Crippen molar-refractivity contribution in [1.82, 2.24) is 0 Å². The van der Waals surface area contributed by atoms with E-state index < -0.39 is 0 Å². The summed E-state index contributed by atoms with van der Waals surface area (Å²) in [6.45, 7) is 7.58. The number of nitrogens with one attached hydrogen (secondary N) is 1. The van der Waals surface area contributed by atoms with Crippen molar-refractivity contribution in [2.75, 3.05) is 23.9 Å². The van der Waals surface area contributed by atoms with Crippen molar-refractivity contribution >= 4 is 23.1 Å². The second-order valence-corrected chi connectivity index (χ2v) is 5.85. The molecule has 0 aliphatic rings. The predicted molar refractivity (Wildman–Crippen MR) is 80.9 cm³/mol. The van der Waals surface area contributed by atoms with Crippen LogP contribution < -0.4 is 11.1 Å². The maximum absolute atomic E-state index is 5.85. The first-order chi connectivity index (χ1) is 8.05. The van der Waals surface area contributed by atoms with Gasteiger partial charge in [-0.25, -0.2) is 0 Å². The maximum atomic E-state index is 5.85.